The molecule has 1 aliphatic heterocycles. The van der Waals surface area contributed by atoms with Crippen molar-refractivity contribution >= 4 is 11.7 Å². The van der Waals surface area contributed by atoms with E-state index in [4.69, 9.17) is 5.11 Å². The number of hydrogen-bond donors (Lipinski definition) is 1. The Morgan fingerprint density at radius 3 is 2.24 bits per heavy atom. The molecule has 4 nitrogen and oxygen atoms in total. The summed E-state index contributed by atoms with van der Waals surface area (Å²) in [5.74, 6) is 1.77. The average Bonchev–Trinajstić information content (AvgIpc) is 2.61. The Morgan fingerprint density at radius 2 is 1.72 bits per heavy atom. The molecule has 136 valence electrons. The van der Waals surface area contributed by atoms with Gasteiger partial charge in [-0.15, -0.1) is 0 Å². The molecule has 5 rings (SSSR count). The summed E-state index contributed by atoms with van der Waals surface area (Å²) in [5.41, 5.74) is 2.06. The van der Waals surface area contributed by atoms with Gasteiger partial charge < -0.3 is 10.0 Å². The van der Waals surface area contributed by atoms with Gasteiger partial charge in [0.05, 0.1) is 5.56 Å². The third-order valence-corrected chi connectivity index (χ3v) is 7.58. The molecule has 1 aromatic carbocycles. The molecule has 0 amide bonds. The van der Waals surface area contributed by atoms with Crippen molar-refractivity contribution in [1.82, 2.24) is 4.90 Å². The maximum atomic E-state index is 11.0. The van der Waals surface area contributed by atoms with Gasteiger partial charge in [-0.1, -0.05) is 20.8 Å². The highest BCUT2D eigenvalue weighted by atomic mass is 16.4. The van der Waals surface area contributed by atoms with Gasteiger partial charge in [0, 0.05) is 37.9 Å². The van der Waals surface area contributed by atoms with Crippen LogP contribution in [0.2, 0.25) is 0 Å². The van der Waals surface area contributed by atoms with Crippen LogP contribution in [0.25, 0.3) is 0 Å². The smallest absolute Gasteiger partial charge is 0.335 e. The van der Waals surface area contributed by atoms with E-state index in [1.54, 1.807) is 12.1 Å². The van der Waals surface area contributed by atoms with Crippen LogP contribution in [0.1, 0.15) is 44.0 Å². The first kappa shape index (κ1) is 16.9. The van der Waals surface area contributed by atoms with Gasteiger partial charge in [0.25, 0.3) is 0 Å². The number of carboxylic acid groups (broad SMARTS) is 1. The van der Waals surface area contributed by atoms with Gasteiger partial charge in [-0.25, -0.2) is 4.79 Å². The summed E-state index contributed by atoms with van der Waals surface area (Å²) in [5, 5.41) is 9.03. The van der Waals surface area contributed by atoms with Crippen molar-refractivity contribution in [2.45, 2.75) is 39.7 Å². The van der Waals surface area contributed by atoms with E-state index in [1.165, 1.54) is 12.8 Å². The van der Waals surface area contributed by atoms with Crippen molar-refractivity contribution in [3.8, 4) is 0 Å². The first-order valence-electron chi connectivity index (χ1n) is 9.70. The average molecular weight is 342 g/mol. The Hall–Kier alpha value is -1.55. The zero-order valence-corrected chi connectivity index (χ0v) is 15.6. The fraction of sp³-hybridized carbons (Fsp3) is 0.667. The van der Waals surface area contributed by atoms with Crippen LogP contribution in [0.15, 0.2) is 24.3 Å². The number of rotatable bonds is 3. The van der Waals surface area contributed by atoms with Crippen LogP contribution in [0, 0.1) is 23.2 Å². The summed E-state index contributed by atoms with van der Waals surface area (Å²) in [6.07, 6.45) is 2.82. The number of anilines is 1. The fourth-order valence-electron chi connectivity index (χ4n) is 5.73. The van der Waals surface area contributed by atoms with Gasteiger partial charge in [-0.05, 0) is 60.3 Å². The van der Waals surface area contributed by atoms with Gasteiger partial charge in [0.2, 0.25) is 0 Å². The van der Waals surface area contributed by atoms with E-state index in [1.807, 2.05) is 12.1 Å². The van der Waals surface area contributed by atoms with E-state index in [-0.39, 0.29) is 0 Å². The molecule has 3 saturated carbocycles. The zero-order valence-electron chi connectivity index (χ0n) is 15.6. The molecule has 1 saturated heterocycles. The van der Waals surface area contributed by atoms with Crippen LogP contribution in [0.5, 0.6) is 0 Å². The molecule has 3 aliphatic carbocycles. The first-order chi connectivity index (χ1) is 11.9. The third kappa shape index (κ3) is 2.75. The summed E-state index contributed by atoms with van der Waals surface area (Å²) in [6, 6.07) is 8.07. The summed E-state index contributed by atoms with van der Waals surface area (Å²) >= 11 is 0. The van der Waals surface area contributed by atoms with Crippen molar-refractivity contribution in [3.63, 3.8) is 0 Å². The molecule has 1 N–H and O–H groups in total. The highest BCUT2D eigenvalue weighted by Crippen LogP contribution is 2.62. The Morgan fingerprint density at radius 1 is 1.08 bits per heavy atom. The van der Waals surface area contributed by atoms with Crippen molar-refractivity contribution in [2.24, 2.45) is 23.2 Å². The van der Waals surface area contributed by atoms with E-state index < -0.39 is 5.97 Å². The monoisotopic (exact) mass is 342 g/mol. The van der Waals surface area contributed by atoms with Crippen LogP contribution in [-0.2, 0) is 0 Å². The Labute approximate surface area is 150 Å². The lowest BCUT2D eigenvalue weighted by molar-refractivity contribution is -0.139. The third-order valence-electron chi connectivity index (χ3n) is 7.58. The number of aromatic carboxylic acids is 1. The molecule has 0 radical (unpaired) electrons. The van der Waals surface area contributed by atoms with E-state index in [9.17, 15) is 4.79 Å². The fourth-order valence-corrected chi connectivity index (χ4v) is 5.73. The minimum atomic E-state index is -0.857. The molecule has 4 atom stereocenters. The summed E-state index contributed by atoms with van der Waals surface area (Å²) < 4.78 is 0. The predicted molar refractivity (Wildman–Crippen MR) is 100 cm³/mol. The van der Waals surface area contributed by atoms with Crippen molar-refractivity contribution in [3.05, 3.63) is 29.8 Å². The number of carboxylic acids is 1. The molecular formula is C21H30N2O2. The van der Waals surface area contributed by atoms with Crippen molar-refractivity contribution in [2.75, 3.05) is 31.1 Å². The summed E-state index contributed by atoms with van der Waals surface area (Å²) in [7, 11) is 0. The SMILES string of the molecule is C[C@H]1[C@@H](N2CCN(c3ccc(C(=O)O)cc3)CC2)C[C@@H]2C[C@@H]1C2(C)C. The largest absolute Gasteiger partial charge is 0.478 e. The quantitative estimate of drug-likeness (QED) is 0.912. The number of benzene rings is 1. The lowest BCUT2D eigenvalue weighted by Gasteiger charge is -2.64. The van der Waals surface area contributed by atoms with Gasteiger partial charge in [0.1, 0.15) is 0 Å². The standard InChI is InChI=1S/C21H30N2O2/c1-14-18-12-16(21(18,2)3)13-19(14)23-10-8-22(9-11-23)17-6-4-15(5-7-17)20(24)25/h4-7,14,16,18-19H,8-13H2,1-3H3,(H,24,25)/t14-,16+,18+,19+/m1/s1. The maximum Gasteiger partial charge on any atom is 0.335 e. The molecule has 0 aromatic heterocycles. The van der Waals surface area contributed by atoms with Crippen molar-refractivity contribution < 1.29 is 9.90 Å². The summed E-state index contributed by atoms with van der Waals surface area (Å²) in [6.45, 7) is 11.7. The number of hydrogen-bond acceptors (Lipinski definition) is 3. The number of piperazine rings is 1. The predicted octanol–water partition coefficient (Wildman–Crippen LogP) is 3.58. The van der Waals surface area contributed by atoms with Crippen LogP contribution in [0.4, 0.5) is 5.69 Å². The molecule has 0 spiro atoms. The zero-order chi connectivity index (χ0) is 17.8. The van der Waals surface area contributed by atoms with Gasteiger partial charge in [-0.2, -0.15) is 0 Å². The second-order valence-corrected chi connectivity index (χ2v) is 8.90. The molecule has 0 unspecified atom stereocenters. The van der Waals surface area contributed by atoms with Crippen LogP contribution in [-0.4, -0.2) is 48.2 Å². The minimum absolute atomic E-state index is 0.361. The van der Waals surface area contributed by atoms with Crippen molar-refractivity contribution in [1.29, 1.82) is 0 Å². The molecular weight excluding hydrogens is 312 g/mol. The molecule has 2 bridgehead atoms. The molecule has 25 heavy (non-hydrogen) atoms. The highest BCUT2D eigenvalue weighted by Gasteiger charge is 2.57. The van der Waals surface area contributed by atoms with Gasteiger partial charge in [0.15, 0.2) is 0 Å². The first-order valence-corrected chi connectivity index (χ1v) is 9.70. The topological polar surface area (TPSA) is 43.8 Å². The molecule has 4 heteroatoms. The lowest BCUT2D eigenvalue weighted by atomic mass is 9.44. The Balaban J connectivity index is 1.37. The van der Waals surface area contributed by atoms with E-state index >= 15 is 0 Å². The summed E-state index contributed by atoms with van der Waals surface area (Å²) in [4.78, 5) is 16.1. The minimum Gasteiger partial charge on any atom is -0.478 e. The second kappa shape index (κ2) is 6.01. The van der Waals surface area contributed by atoms with Gasteiger partial charge >= 0.3 is 5.97 Å². The number of fused-ring (bicyclic) bond motifs is 2. The number of carbonyl (C=O) groups is 1. The lowest BCUT2D eigenvalue weighted by Crippen LogP contribution is -2.63. The molecule has 4 fully saturated rings. The van der Waals surface area contributed by atoms with Gasteiger partial charge in [-0.3, -0.25) is 4.90 Å². The second-order valence-electron chi connectivity index (χ2n) is 8.90. The van der Waals surface area contributed by atoms with Crippen LogP contribution < -0.4 is 4.90 Å². The maximum absolute atomic E-state index is 11.0. The molecule has 1 heterocycles. The Bertz CT molecular complexity index is 646. The van der Waals surface area contributed by atoms with Crippen LogP contribution in [0.3, 0.4) is 0 Å². The number of nitrogens with zero attached hydrogens (tertiary/aromatic N) is 2. The van der Waals surface area contributed by atoms with E-state index in [0.29, 0.717) is 11.0 Å². The molecule has 1 aromatic rings. The van der Waals surface area contributed by atoms with Crippen LogP contribution >= 0.6 is 0 Å². The Kier molecular flexibility index (Phi) is 4.06. The molecule has 4 aliphatic rings. The normalized spacial score (nSPS) is 34.4. The highest BCUT2D eigenvalue weighted by molar-refractivity contribution is 5.88. The van der Waals surface area contributed by atoms with E-state index in [0.717, 1.165) is 55.7 Å². The van der Waals surface area contributed by atoms with E-state index in [2.05, 4.69) is 30.6 Å².